The van der Waals surface area contributed by atoms with E-state index in [-0.39, 0.29) is 36.0 Å². The number of hydrogen-bond acceptors (Lipinski definition) is 6. The summed E-state index contributed by atoms with van der Waals surface area (Å²) in [5.41, 5.74) is 5.11. The fraction of sp³-hybridized carbons (Fsp3) is 0.381. The Kier molecular flexibility index (Phi) is 8.60. The molecule has 3 amide bonds. The number of nitrogens with one attached hydrogen (secondary N) is 2. The number of halogens is 2. The zero-order valence-electron chi connectivity index (χ0n) is 18.4. The largest absolute Gasteiger partial charge is 0.458 e. The molecule has 1 aromatic heterocycles. The summed E-state index contributed by atoms with van der Waals surface area (Å²) >= 11 is 0. The molecule has 0 radical (unpaired) electrons. The van der Waals surface area contributed by atoms with Crippen molar-refractivity contribution in [2.45, 2.75) is 52.2 Å². The van der Waals surface area contributed by atoms with Crippen molar-refractivity contribution in [2.75, 3.05) is 5.32 Å². The molecule has 1 aromatic carbocycles. The van der Waals surface area contributed by atoms with Gasteiger partial charge in [-0.1, -0.05) is 13.8 Å². The van der Waals surface area contributed by atoms with Gasteiger partial charge < -0.3 is 21.1 Å². The van der Waals surface area contributed by atoms with Gasteiger partial charge in [0.05, 0.1) is 12.5 Å². The van der Waals surface area contributed by atoms with Gasteiger partial charge in [0.15, 0.2) is 5.69 Å². The number of rotatable bonds is 9. The Morgan fingerprint density at radius 1 is 1.09 bits per heavy atom. The van der Waals surface area contributed by atoms with Crippen molar-refractivity contribution in [3.05, 3.63) is 47.2 Å². The zero-order chi connectivity index (χ0) is 24.7. The smallest absolute Gasteiger partial charge is 0.359 e. The van der Waals surface area contributed by atoms with Crippen LogP contribution in [0.3, 0.4) is 0 Å². The van der Waals surface area contributed by atoms with E-state index in [1.807, 2.05) is 6.92 Å². The number of carbonyl (C=O) groups excluding carboxylic acids is 4. The number of carbonyl (C=O) groups is 4. The quantitative estimate of drug-likeness (QED) is 0.484. The Morgan fingerprint density at radius 3 is 2.27 bits per heavy atom. The molecule has 12 heteroatoms. The van der Waals surface area contributed by atoms with Crippen molar-refractivity contribution in [3.63, 3.8) is 0 Å². The average molecular weight is 465 g/mol. The Hall–Kier alpha value is -3.83. The molecular weight excluding hydrogens is 440 g/mol. The van der Waals surface area contributed by atoms with Crippen molar-refractivity contribution < 1.29 is 32.7 Å². The maximum Gasteiger partial charge on any atom is 0.359 e. The van der Waals surface area contributed by atoms with E-state index in [2.05, 4.69) is 15.7 Å². The molecule has 0 bridgehead atoms. The standard InChI is InChI=1S/C21H25F2N5O5/c1-4-11(3)33-20(31)16-10-17(28(27-16)21(24)32)26-19(30)15(5-2)25-18(29)8-12-6-13(22)9-14(23)7-12/h6-7,9-11,15H,4-5,8H2,1-3H3,(H2,24,32)(H,25,29)(H,26,30). The number of nitrogens with zero attached hydrogens (tertiary/aromatic N) is 2. The molecule has 4 N–H and O–H groups in total. The lowest BCUT2D eigenvalue weighted by molar-refractivity contribution is -0.126. The van der Waals surface area contributed by atoms with E-state index in [1.165, 1.54) is 0 Å². The molecule has 0 aliphatic rings. The summed E-state index contributed by atoms with van der Waals surface area (Å²) in [4.78, 5) is 48.8. The molecular formula is C21H25F2N5O5. The van der Waals surface area contributed by atoms with Crippen molar-refractivity contribution in [1.82, 2.24) is 15.1 Å². The topological polar surface area (TPSA) is 145 Å². The molecule has 0 aliphatic heterocycles. The molecule has 2 aromatic rings. The third-order valence-corrected chi connectivity index (χ3v) is 4.61. The molecule has 33 heavy (non-hydrogen) atoms. The summed E-state index contributed by atoms with van der Waals surface area (Å²) in [6, 6.07) is 1.71. The second-order valence-corrected chi connectivity index (χ2v) is 7.26. The van der Waals surface area contributed by atoms with Crippen LogP contribution in [0.4, 0.5) is 19.4 Å². The maximum absolute atomic E-state index is 13.3. The van der Waals surface area contributed by atoms with Crippen LogP contribution in [-0.4, -0.2) is 45.7 Å². The highest BCUT2D eigenvalue weighted by atomic mass is 19.1. The highest BCUT2D eigenvalue weighted by molar-refractivity contribution is 5.99. The summed E-state index contributed by atoms with van der Waals surface area (Å²) in [5.74, 6) is -4.02. The van der Waals surface area contributed by atoms with Crippen LogP contribution in [-0.2, 0) is 20.7 Å². The Labute approximate surface area is 188 Å². The van der Waals surface area contributed by atoms with E-state index in [0.717, 1.165) is 18.2 Å². The van der Waals surface area contributed by atoms with Crippen LogP contribution in [0.15, 0.2) is 24.3 Å². The average Bonchev–Trinajstić information content (AvgIpc) is 3.15. The summed E-state index contributed by atoms with van der Waals surface area (Å²) in [6.07, 6.45) is -0.0293. The predicted octanol–water partition coefficient (Wildman–Crippen LogP) is 2.12. The second kappa shape index (κ2) is 11.2. The number of benzene rings is 1. The molecule has 0 aliphatic carbocycles. The Morgan fingerprint density at radius 2 is 1.73 bits per heavy atom. The van der Waals surface area contributed by atoms with Gasteiger partial charge in [0.2, 0.25) is 11.8 Å². The first kappa shape index (κ1) is 25.4. The Bertz CT molecular complexity index is 1040. The minimum Gasteiger partial charge on any atom is -0.458 e. The molecule has 0 fully saturated rings. The van der Waals surface area contributed by atoms with E-state index in [4.69, 9.17) is 10.5 Å². The monoisotopic (exact) mass is 465 g/mol. The number of nitrogens with two attached hydrogens (primary N) is 1. The zero-order valence-corrected chi connectivity index (χ0v) is 18.4. The van der Waals surface area contributed by atoms with Gasteiger partial charge in [-0.3, -0.25) is 9.59 Å². The summed E-state index contributed by atoms with van der Waals surface area (Å²) in [5, 5.41) is 8.61. The normalized spacial score (nSPS) is 12.5. The van der Waals surface area contributed by atoms with Crippen LogP contribution < -0.4 is 16.4 Å². The van der Waals surface area contributed by atoms with Crippen molar-refractivity contribution in [2.24, 2.45) is 5.73 Å². The highest BCUT2D eigenvalue weighted by Gasteiger charge is 2.24. The van der Waals surface area contributed by atoms with Gasteiger partial charge in [0.25, 0.3) is 0 Å². The number of amides is 3. The molecule has 178 valence electrons. The van der Waals surface area contributed by atoms with Crippen LogP contribution in [0.5, 0.6) is 0 Å². The minimum absolute atomic E-state index is 0.0940. The molecule has 1 heterocycles. The van der Waals surface area contributed by atoms with E-state index in [0.29, 0.717) is 17.2 Å². The van der Waals surface area contributed by atoms with Crippen LogP contribution in [0, 0.1) is 11.6 Å². The summed E-state index contributed by atoms with van der Waals surface area (Å²) in [6.45, 7) is 5.11. The van der Waals surface area contributed by atoms with Gasteiger partial charge >= 0.3 is 12.0 Å². The molecule has 2 rings (SSSR count). The molecule has 0 saturated carbocycles. The first-order chi connectivity index (χ1) is 15.5. The van der Waals surface area contributed by atoms with Crippen LogP contribution in [0.2, 0.25) is 0 Å². The Balaban J connectivity index is 2.11. The predicted molar refractivity (Wildman–Crippen MR) is 113 cm³/mol. The van der Waals surface area contributed by atoms with Crippen molar-refractivity contribution in [3.8, 4) is 0 Å². The first-order valence-corrected chi connectivity index (χ1v) is 10.2. The van der Waals surface area contributed by atoms with E-state index in [1.54, 1.807) is 13.8 Å². The van der Waals surface area contributed by atoms with E-state index < -0.39 is 41.5 Å². The lowest BCUT2D eigenvalue weighted by atomic mass is 10.1. The highest BCUT2D eigenvalue weighted by Crippen LogP contribution is 2.14. The SMILES string of the molecule is CCC(C)OC(=O)c1cc(NC(=O)C(CC)NC(=O)Cc2cc(F)cc(F)c2)n(C(N)=O)n1. The van der Waals surface area contributed by atoms with Gasteiger partial charge in [-0.2, -0.15) is 9.78 Å². The minimum atomic E-state index is -1.06. The number of aromatic nitrogens is 2. The number of primary amides is 1. The molecule has 0 saturated heterocycles. The third kappa shape index (κ3) is 7.09. The molecule has 2 atom stereocenters. The fourth-order valence-electron chi connectivity index (χ4n) is 2.77. The maximum atomic E-state index is 13.3. The van der Waals surface area contributed by atoms with Crippen molar-refractivity contribution >= 4 is 29.6 Å². The first-order valence-electron chi connectivity index (χ1n) is 10.2. The van der Waals surface area contributed by atoms with Crippen LogP contribution in [0.1, 0.15) is 49.7 Å². The van der Waals surface area contributed by atoms with Gasteiger partial charge in [-0.15, -0.1) is 0 Å². The van der Waals surface area contributed by atoms with Gasteiger partial charge in [-0.05, 0) is 37.5 Å². The van der Waals surface area contributed by atoms with Gasteiger partial charge in [0.1, 0.15) is 23.5 Å². The third-order valence-electron chi connectivity index (χ3n) is 4.61. The lowest BCUT2D eigenvalue weighted by Gasteiger charge is -2.17. The fourth-order valence-corrected chi connectivity index (χ4v) is 2.77. The summed E-state index contributed by atoms with van der Waals surface area (Å²) < 4.78 is 32.4. The van der Waals surface area contributed by atoms with Gasteiger partial charge in [-0.25, -0.2) is 18.4 Å². The molecule has 10 nitrogen and oxygen atoms in total. The number of anilines is 1. The van der Waals surface area contributed by atoms with Crippen LogP contribution in [0.25, 0.3) is 0 Å². The lowest BCUT2D eigenvalue weighted by Crippen LogP contribution is -2.44. The second-order valence-electron chi connectivity index (χ2n) is 7.26. The molecule has 0 spiro atoms. The van der Waals surface area contributed by atoms with Crippen LogP contribution >= 0.6 is 0 Å². The van der Waals surface area contributed by atoms with E-state index in [9.17, 15) is 28.0 Å². The number of hydrogen-bond donors (Lipinski definition) is 3. The summed E-state index contributed by atoms with van der Waals surface area (Å²) in [7, 11) is 0. The molecule has 2 unspecified atom stereocenters. The number of ether oxygens (including phenoxy) is 1. The number of esters is 1. The van der Waals surface area contributed by atoms with Crippen molar-refractivity contribution in [1.29, 1.82) is 0 Å². The van der Waals surface area contributed by atoms with Gasteiger partial charge in [0, 0.05) is 12.1 Å². The van der Waals surface area contributed by atoms with E-state index >= 15 is 0 Å².